The molecule has 0 saturated carbocycles. The summed E-state index contributed by atoms with van der Waals surface area (Å²) in [4.78, 5) is 13.8. The third-order valence-electron chi connectivity index (χ3n) is 3.14. The van der Waals surface area contributed by atoms with Crippen LogP contribution in [0.3, 0.4) is 0 Å². The van der Waals surface area contributed by atoms with E-state index in [1.807, 2.05) is 17.0 Å². The van der Waals surface area contributed by atoms with E-state index in [1.54, 1.807) is 12.1 Å². The Kier molecular flexibility index (Phi) is 4.19. The number of nitrogens with one attached hydrogen (secondary N) is 1. The summed E-state index contributed by atoms with van der Waals surface area (Å²) in [5.41, 5.74) is 1.42. The van der Waals surface area contributed by atoms with Crippen LogP contribution in [0, 0.1) is 11.3 Å². The highest BCUT2D eigenvalue weighted by Crippen LogP contribution is 2.11. The van der Waals surface area contributed by atoms with Crippen molar-refractivity contribution < 1.29 is 4.79 Å². The largest absolute Gasteiger partial charge is 0.376 e. The first-order valence-electron chi connectivity index (χ1n) is 6.31. The lowest BCUT2D eigenvalue weighted by molar-refractivity contribution is -0.130. The van der Waals surface area contributed by atoms with Crippen molar-refractivity contribution >= 4 is 11.6 Å². The maximum absolute atomic E-state index is 11.9. The highest BCUT2D eigenvalue weighted by atomic mass is 16.2. The maximum atomic E-state index is 11.9. The zero-order valence-corrected chi connectivity index (χ0v) is 10.4. The number of carbonyl (C=O) groups excluding carboxylic acids is 1. The molecule has 1 N–H and O–H groups in total. The quantitative estimate of drug-likeness (QED) is 0.883. The van der Waals surface area contributed by atoms with Crippen molar-refractivity contribution in [2.45, 2.75) is 19.3 Å². The van der Waals surface area contributed by atoms with Crippen molar-refractivity contribution in [3.63, 3.8) is 0 Å². The van der Waals surface area contributed by atoms with Crippen molar-refractivity contribution in [3.05, 3.63) is 29.8 Å². The molecule has 4 nitrogen and oxygen atoms in total. The highest BCUT2D eigenvalue weighted by molar-refractivity contribution is 5.81. The smallest absolute Gasteiger partial charge is 0.241 e. The van der Waals surface area contributed by atoms with Crippen LogP contribution in [0.5, 0.6) is 0 Å². The molecule has 2 rings (SSSR count). The van der Waals surface area contributed by atoms with Crippen LogP contribution in [0.15, 0.2) is 24.3 Å². The van der Waals surface area contributed by atoms with Gasteiger partial charge in [0.2, 0.25) is 5.91 Å². The van der Waals surface area contributed by atoms with Crippen molar-refractivity contribution in [3.8, 4) is 6.07 Å². The summed E-state index contributed by atoms with van der Waals surface area (Å²) in [5.74, 6) is 0.136. The van der Waals surface area contributed by atoms with Crippen LogP contribution in [-0.4, -0.2) is 30.4 Å². The molecule has 0 aliphatic carbocycles. The van der Waals surface area contributed by atoms with Gasteiger partial charge in [0.25, 0.3) is 0 Å². The molecule has 0 radical (unpaired) electrons. The molecule has 1 heterocycles. The van der Waals surface area contributed by atoms with E-state index in [4.69, 9.17) is 5.26 Å². The Hall–Kier alpha value is -2.02. The minimum absolute atomic E-state index is 0.136. The fraction of sp³-hybridized carbons (Fsp3) is 0.429. The average Bonchev–Trinajstić information content (AvgIpc) is 2.46. The van der Waals surface area contributed by atoms with Crippen LogP contribution >= 0.6 is 0 Å². The number of benzene rings is 1. The van der Waals surface area contributed by atoms with Crippen LogP contribution in [0.1, 0.15) is 24.8 Å². The summed E-state index contributed by atoms with van der Waals surface area (Å²) >= 11 is 0. The minimum Gasteiger partial charge on any atom is -0.376 e. The second kappa shape index (κ2) is 6.06. The Morgan fingerprint density at radius 1 is 1.33 bits per heavy atom. The van der Waals surface area contributed by atoms with Gasteiger partial charge in [0.15, 0.2) is 0 Å². The van der Waals surface area contributed by atoms with E-state index in [0.717, 1.165) is 31.6 Å². The first-order valence-corrected chi connectivity index (χ1v) is 6.31. The normalized spacial score (nSPS) is 14.9. The van der Waals surface area contributed by atoms with E-state index in [-0.39, 0.29) is 5.91 Å². The molecule has 94 valence electrons. The predicted molar refractivity (Wildman–Crippen MR) is 70.1 cm³/mol. The topological polar surface area (TPSA) is 56.1 Å². The highest BCUT2D eigenvalue weighted by Gasteiger charge is 2.15. The molecule has 18 heavy (non-hydrogen) atoms. The molecule has 1 amide bonds. The third-order valence-corrected chi connectivity index (χ3v) is 3.14. The summed E-state index contributed by atoms with van der Waals surface area (Å²) in [6, 6.07) is 9.26. The number of anilines is 1. The number of nitrogens with zero attached hydrogens (tertiary/aromatic N) is 2. The van der Waals surface area contributed by atoms with Crippen LogP contribution in [0.4, 0.5) is 5.69 Å². The molecule has 1 aromatic rings. The van der Waals surface area contributed by atoms with Crippen molar-refractivity contribution in [1.29, 1.82) is 5.26 Å². The van der Waals surface area contributed by atoms with Crippen LogP contribution in [0.2, 0.25) is 0 Å². The molecule has 1 aliphatic heterocycles. The lowest BCUT2D eigenvalue weighted by atomic mass is 10.1. The van der Waals surface area contributed by atoms with Gasteiger partial charge < -0.3 is 10.2 Å². The van der Waals surface area contributed by atoms with Gasteiger partial charge in [-0.25, -0.2) is 0 Å². The van der Waals surface area contributed by atoms with Crippen LogP contribution < -0.4 is 5.32 Å². The molecule has 4 heteroatoms. The maximum Gasteiger partial charge on any atom is 0.241 e. The van der Waals surface area contributed by atoms with Gasteiger partial charge in [-0.05, 0) is 37.5 Å². The average molecular weight is 243 g/mol. The van der Waals surface area contributed by atoms with E-state index in [2.05, 4.69) is 11.4 Å². The van der Waals surface area contributed by atoms with Gasteiger partial charge in [0.05, 0.1) is 18.2 Å². The zero-order chi connectivity index (χ0) is 12.8. The van der Waals surface area contributed by atoms with Gasteiger partial charge in [-0.3, -0.25) is 4.79 Å². The van der Waals surface area contributed by atoms with E-state index < -0.39 is 0 Å². The summed E-state index contributed by atoms with van der Waals surface area (Å²) in [5, 5.41) is 11.9. The first-order chi connectivity index (χ1) is 8.79. The number of carbonyl (C=O) groups is 1. The molecule has 0 bridgehead atoms. The fourth-order valence-corrected chi connectivity index (χ4v) is 2.13. The summed E-state index contributed by atoms with van der Waals surface area (Å²) in [6.45, 7) is 2.05. The lowest BCUT2D eigenvalue weighted by Gasteiger charge is -2.26. The number of piperidine rings is 1. The molecule has 1 saturated heterocycles. The Balaban J connectivity index is 1.86. The number of hydrogen-bond acceptors (Lipinski definition) is 3. The summed E-state index contributed by atoms with van der Waals surface area (Å²) in [6.07, 6.45) is 3.44. The molecular formula is C14H17N3O. The Morgan fingerprint density at radius 2 is 2.11 bits per heavy atom. The third kappa shape index (κ3) is 3.24. The first kappa shape index (κ1) is 12.4. The van der Waals surface area contributed by atoms with E-state index in [0.29, 0.717) is 12.1 Å². The fourth-order valence-electron chi connectivity index (χ4n) is 2.13. The van der Waals surface area contributed by atoms with Gasteiger partial charge in [-0.1, -0.05) is 6.07 Å². The standard InChI is InChI=1S/C14H17N3O/c15-10-12-5-4-6-13(9-12)16-11-14(18)17-7-2-1-3-8-17/h4-6,9,16H,1-3,7-8,11H2. The number of hydrogen-bond donors (Lipinski definition) is 1. The molecular weight excluding hydrogens is 226 g/mol. The Morgan fingerprint density at radius 3 is 2.83 bits per heavy atom. The van der Waals surface area contributed by atoms with Gasteiger partial charge in [-0.15, -0.1) is 0 Å². The summed E-state index contributed by atoms with van der Waals surface area (Å²) in [7, 11) is 0. The Bertz CT molecular complexity index is 458. The molecule has 0 spiro atoms. The monoisotopic (exact) mass is 243 g/mol. The number of amides is 1. The lowest BCUT2D eigenvalue weighted by Crippen LogP contribution is -2.39. The van der Waals surface area contributed by atoms with Crippen molar-refractivity contribution in [2.24, 2.45) is 0 Å². The SMILES string of the molecule is N#Cc1cccc(NCC(=O)N2CCCCC2)c1. The van der Waals surface area contributed by atoms with Crippen LogP contribution in [0.25, 0.3) is 0 Å². The van der Waals surface area contributed by atoms with Gasteiger partial charge >= 0.3 is 0 Å². The van der Waals surface area contributed by atoms with E-state index in [9.17, 15) is 4.79 Å². The summed E-state index contributed by atoms with van der Waals surface area (Å²) < 4.78 is 0. The van der Waals surface area contributed by atoms with E-state index >= 15 is 0 Å². The van der Waals surface area contributed by atoms with Crippen molar-refractivity contribution in [1.82, 2.24) is 4.90 Å². The molecule has 0 atom stereocenters. The Labute approximate surface area is 107 Å². The molecule has 1 aromatic carbocycles. The molecule has 0 unspecified atom stereocenters. The number of likely N-dealkylation sites (tertiary alicyclic amines) is 1. The minimum atomic E-state index is 0.136. The van der Waals surface area contributed by atoms with E-state index in [1.165, 1.54) is 6.42 Å². The van der Waals surface area contributed by atoms with Crippen LogP contribution in [-0.2, 0) is 4.79 Å². The van der Waals surface area contributed by atoms with Crippen molar-refractivity contribution in [2.75, 3.05) is 25.0 Å². The molecule has 1 fully saturated rings. The molecule has 1 aliphatic rings. The van der Waals surface area contributed by atoms with Gasteiger partial charge in [0, 0.05) is 18.8 Å². The second-order valence-electron chi connectivity index (χ2n) is 4.49. The van der Waals surface area contributed by atoms with Gasteiger partial charge in [0.1, 0.15) is 0 Å². The van der Waals surface area contributed by atoms with Gasteiger partial charge in [-0.2, -0.15) is 5.26 Å². The number of rotatable bonds is 3. The number of nitriles is 1. The molecule has 0 aromatic heterocycles. The zero-order valence-electron chi connectivity index (χ0n) is 10.4. The second-order valence-corrected chi connectivity index (χ2v) is 4.49. The predicted octanol–water partition coefficient (Wildman–Crippen LogP) is 1.98.